The first-order valence-electron chi connectivity index (χ1n) is 10.5. The van der Waals surface area contributed by atoms with Gasteiger partial charge < -0.3 is 19.5 Å². The van der Waals surface area contributed by atoms with E-state index in [4.69, 9.17) is 4.74 Å². The van der Waals surface area contributed by atoms with Crippen LogP contribution in [-0.4, -0.2) is 55.2 Å². The minimum absolute atomic E-state index is 0.145. The molecule has 2 aromatic heterocycles. The molecular weight excluding hydrogens is 428 g/mol. The number of anilines is 1. The maximum atomic E-state index is 13.3. The van der Waals surface area contributed by atoms with Crippen LogP contribution in [0.25, 0.3) is 11.0 Å². The van der Waals surface area contributed by atoms with Crippen LogP contribution in [0.1, 0.15) is 20.8 Å². The second-order valence-electron chi connectivity index (χ2n) is 8.89. The van der Waals surface area contributed by atoms with Crippen LogP contribution in [0.3, 0.4) is 0 Å². The number of carbonyl (C=O) groups is 1. The number of nitrogens with zero attached hydrogens (tertiary/aromatic N) is 3. The number of carbonyl (C=O) groups excluding carboxylic acids is 1. The van der Waals surface area contributed by atoms with Crippen LogP contribution in [0.5, 0.6) is 0 Å². The highest BCUT2D eigenvalue weighted by Crippen LogP contribution is 2.34. The van der Waals surface area contributed by atoms with Crippen molar-refractivity contribution in [2.24, 2.45) is 7.05 Å². The van der Waals surface area contributed by atoms with Crippen molar-refractivity contribution in [1.29, 1.82) is 0 Å². The Morgan fingerprint density at radius 1 is 1.19 bits per heavy atom. The molecule has 170 valence electrons. The summed E-state index contributed by atoms with van der Waals surface area (Å²) in [5.74, 6) is -0.319. The van der Waals surface area contributed by atoms with Crippen molar-refractivity contribution in [3.63, 3.8) is 0 Å². The highest BCUT2D eigenvalue weighted by atomic mass is 32.2. The molecule has 0 bridgehead atoms. The summed E-state index contributed by atoms with van der Waals surface area (Å²) in [4.78, 5) is 19.7. The number of esters is 1. The molecule has 8 nitrogen and oxygen atoms in total. The largest absolute Gasteiger partial charge is 0.458 e. The van der Waals surface area contributed by atoms with Crippen LogP contribution >= 0.6 is 0 Å². The lowest BCUT2D eigenvalue weighted by Gasteiger charge is -2.38. The zero-order chi connectivity index (χ0) is 23.1. The smallest absolute Gasteiger partial charge is 0.330 e. The SMILES string of the molecule is Cn1cc(S(=O)(=O)c2ccccc2)c2nccc(N3CCNCC3C(=O)OC(C)(C)C)c21. The normalized spacial score (nSPS) is 17.5. The average Bonchev–Trinajstić information content (AvgIpc) is 3.11. The summed E-state index contributed by atoms with van der Waals surface area (Å²) in [7, 11) is -1.96. The summed E-state index contributed by atoms with van der Waals surface area (Å²) in [6.45, 7) is 7.24. The molecule has 0 aliphatic carbocycles. The number of nitrogens with one attached hydrogen (secondary N) is 1. The number of hydrogen-bond donors (Lipinski definition) is 1. The monoisotopic (exact) mass is 456 g/mol. The van der Waals surface area contributed by atoms with Crippen LogP contribution in [0.2, 0.25) is 0 Å². The average molecular weight is 457 g/mol. The maximum absolute atomic E-state index is 13.3. The molecule has 0 spiro atoms. The predicted octanol–water partition coefficient (Wildman–Crippen LogP) is 2.53. The van der Waals surface area contributed by atoms with Gasteiger partial charge >= 0.3 is 5.97 Å². The van der Waals surface area contributed by atoms with Crippen molar-refractivity contribution in [2.75, 3.05) is 24.5 Å². The Morgan fingerprint density at radius 3 is 2.59 bits per heavy atom. The van der Waals surface area contributed by atoms with Gasteiger partial charge in [-0.25, -0.2) is 13.2 Å². The van der Waals surface area contributed by atoms with Crippen molar-refractivity contribution in [3.05, 3.63) is 48.8 Å². The summed E-state index contributed by atoms with van der Waals surface area (Å²) in [5.41, 5.74) is 1.20. The Bertz CT molecular complexity index is 1250. The standard InChI is InChI=1S/C23H28N4O4S/c1-23(2,3)31-22(28)18-14-24-12-13-27(18)17-10-11-25-20-19(15-26(4)21(17)20)32(29,30)16-8-6-5-7-9-16/h5-11,15,18,24H,12-14H2,1-4H3. The third kappa shape index (κ3) is 4.10. The molecule has 1 unspecified atom stereocenters. The molecule has 1 fully saturated rings. The predicted molar refractivity (Wildman–Crippen MR) is 122 cm³/mol. The molecule has 1 N–H and O–H groups in total. The summed E-state index contributed by atoms with van der Waals surface area (Å²) < 4.78 is 34.1. The Morgan fingerprint density at radius 2 is 1.91 bits per heavy atom. The van der Waals surface area contributed by atoms with Crippen LogP contribution in [0, 0.1) is 0 Å². The number of hydrogen-bond acceptors (Lipinski definition) is 7. The van der Waals surface area contributed by atoms with Gasteiger partial charge in [-0.2, -0.15) is 0 Å². The Hall–Kier alpha value is -2.91. The molecule has 9 heteroatoms. The van der Waals surface area contributed by atoms with Crippen LogP contribution < -0.4 is 10.2 Å². The zero-order valence-corrected chi connectivity index (χ0v) is 19.5. The number of fused-ring (bicyclic) bond motifs is 1. The van der Waals surface area contributed by atoms with Gasteiger partial charge in [0.05, 0.1) is 16.1 Å². The van der Waals surface area contributed by atoms with E-state index in [0.29, 0.717) is 30.7 Å². The molecule has 0 radical (unpaired) electrons. The van der Waals surface area contributed by atoms with Gasteiger partial charge in [0.1, 0.15) is 22.1 Å². The van der Waals surface area contributed by atoms with Crippen LogP contribution in [0.15, 0.2) is 58.6 Å². The number of sulfone groups is 1. The van der Waals surface area contributed by atoms with E-state index in [9.17, 15) is 13.2 Å². The molecule has 1 aromatic carbocycles. The van der Waals surface area contributed by atoms with E-state index < -0.39 is 21.5 Å². The summed E-state index contributed by atoms with van der Waals surface area (Å²) in [6, 6.07) is 9.62. The van der Waals surface area contributed by atoms with E-state index in [1.165, 1.54) is 0 Å². The van der Waals surface area contributed by atoms with Gasteiger partial charge in [0, 0.05) is 39.1 Å². The lowest BCUT2D eigenvalue weighted by Crippen LogP contribution is -2.56. The summed E-state index contributed by atoms with van der Waals surface area (Å²) >= 11 is 0. The fourth-order valence-corrected chi connectivity index (χ4v) is 5.47. The van der Waals surface area contributed by atoms with Crippen LogP contribution in [0.4, 0.5) is 5.69 Å². The third-order valence-corrected chi connectivity index (χ3v) is 7.15. The van der Waals surface area contributed by atoms with Crippen molar-refractivity contribution in [2.45, 2.75) is 42.2 Å². The first kappa shape index (κ1) is 22.3. The zero-order valence-electron chi connectivity index (χ0n) is 18.7. The lowest BCUT2D eigenvalue weighted by molar-refractivity contribution is -0.156. The van der Waals surface area contributed by atoms with E-state index in [1.807, 2.05) is 31.7 Å². The van der Waals surface area contributed by atoms with Crippen LogP contribution in [-0.2, 0) is 26.4 Å². The van der Waals surface area contributed by atoms with Gasteiger partial charge in [0.2, 0.25) is 9.84 Å². The quantitative estimate of drug-likeness (QED) is 0.603. The van der Waals surface area contributed by atoms with E-state index >= 15 is 0 Å². The Labute approximate surface area is 188 Å². The summed E-state index contributed by atoms with van der Waals surface area (Å²) in [6.07, 6.45) is 3.18. The van der Waals surface area contributed by atoms with Gasteiger partial charge in [0.15, 0.2) is 0 Å². The molecule has 1 aliphatic rings. The fourth-order valence-electron chi connectivity index (χ4n) is 4.00. The van der Waals surface area contributed by atoms with Gasteiger partial charge in [-0.1, -0.05) is 18.2 Å². The second kappa shape index (κ2) is 8.22. The van der Waals surface area contributed by atoms with E-state index in [1.54, 1.807) is 54.3 Å². The van der Waals surface area contributed by atoms with Crippen molar-refractivity contribution in [1.82, 2.24) is 14.9 Å². The Balaban J connectivity index is 1.82. The van der Waals surface area contributed by atoms with Gasteiger partial charge in [0.25, 0.3) is 0 Å². The fraction of sp³-hybridized carbons (Fsp3) is 0.391. The molecule has 1 atom stereocenters. The van der Waals surface area contributed by atoms with E-state index in [2.05, 4.69) is 10.3 Å². The first-order valence-corrected chi connectivity index (χ1v) is 12.0. The number of ether oxygens (including phenoxy) is 1. The van der Waals surface area contributed by atoms with Gasteiger partial charge in [-0.05, 0) is 39.0 Å². The van der Waals surface area contributed by atoms with E-state index in [0.717, 1.165) is 5.69 Å². The topological polar surface area (TPSA) is 93.5 Å². The minimum Gasteiger partial charge on any atom is -0.458 e. The molecule has 0 saturated carbocycles. The van der Waals surface area contributed by atoms with E-state index in [-0.39, 0.29) is 15.8 Å². The number of pyridine rings is 1. The number of benzene rings is 1. The lowest BCUT2D eigenvalue weighted by atomic mass is 10.1. The Kier molecular flexibility index (Phi) is 5.72. The minimum atomic E-state index is -3.75. The molecule has 32 heavy (non-hydrogen) atoms. The number of aryl methyl sites for hydroxylation is 1. The molecule has 0 amide bonds. The number of piperazine rings is 1. The molecule has 4 rings (SSSR count). The first-order chi connectivity index (χ1) is 15.1. The van der Waals surface area contributed by atoms with Crippen molar-refractivity contribution in [3.8, 4) is 0 Å². The van der Waals surface area contributed by atoms with Gasteiger partial charge in [-0.15, -0.1) is 0 Å². The van der Waals surface area contributed by atoms with Gasteiger partial charge in [-0.3, -0.25) is 4.98 Å². The highest BCUT2D eigenvalue weighted by molar-refractivity contribution is 7.91. The summed E-state index contributed by atoms with van der Waals surface area (Å²) in [5, 5.41) is 3.25. The second-order valence-corrected chi connectivity index (χ2v) is 10.8. The molecule has 3 aromatic rings. The molecule has 1 aliphatic heterocycles. The van der Waals surface area contributed by atoms with Crippen molar-refractivity contribution < 1.29 is 17.9 Å². The molecule has 3 heterocycles. The highest BCUT2D eigenvalue weighted by Gasteiger charge is 2.35. The molecule has 1 saturated heterocycles. The molecular formula is C23H28N4O4S. The van der Waals surface area contributed by atoms with Crippen molar-refractivity contribution >= 4 is 32.5 Å². The number of rotatable bonds is 4. The third-order valence-electron chi connectivity index (χ3n) is 5.37. The maximum Gasteiger partial charge on any atom is 0.330 e. The number of aromatic nitrogens is 2.